The molecule has 120 valence electrons. The number of carbonyl (C=O) groups excluding carboxylic acids is 1. The van der Waals surface area contributed by atoms with Crippen LogP contribution >= 0.6 is 0 Å². The van der Waals surface area contributed by atoms with Crippen LogP contribution in [0.1, 0.15) is 31.2 Å². The Kier molecular flexibility index (Phi) is 4.91. The molecule has 1 saturated carbocycles. The summed E-state index contributed by atoms with van der Waals surface area (Å²) in [4.78, 5) is 23.7. The van der Waals surface area contributed by atoms with Gasteiger partial charge in [0, 0.05) is 12.3 Å². The number of pyridine rings is 1. The van der Waals surface area contributed by atoms with Crippen LogP contribution in [0.3, 0.4) is 0 Å². The highest BCUT2D eigenvalue weighted by molar-refractivity contribution is 5.70. The van der Waals surface area contributed by atoms with Crippen molar-refractivity contribution < 1.29 is 9.53 Å². The Balaban J connectivity index is 1.50. The number of hydrogen-bond donors (Lipinski definition) is 0. The van der Waals surface area contributed by atoms with Gasteiger partial charge in [-0.3, -0.25) is 4.79 Å². The van der Waals surface area contributed by atoms with Crippen molar-refractivity contribution >= 4 is 6.09 Å². The number of hydrogen-bond acceptors (Lipinski definition) is 3. The van der Waals surface area contributed by atoms with E-state index in [4.69, 9.17) is 4.74 Å². The first-order valence-corrected chi connectivity index (χ1v) is 8.15. The fraction of sp³-hybridized carbons (Fsp3) is 0.368. The van der Waals surface area contributed by atoms with Crippen molar-refractivity contribution in [2.45, 2.75) is 38.2 Å². The van der Waals surface area contributed by atoms with E-state index in [-0.39, 0.29) is 11.7 Å². The smallest absolute Gasteiger partial charge is 0.421 e. The van der Waals surface area contributed by atoms with Gasteiger partial charge in [0.2, 0.25) is 0 Å². The van der Waals surface area contributed by atoms with Gasteiger partial charge in [0.1, 0.15) is 6.10 Å². The van der Waals surface area contributed by atoms with Gasteiger partial charge < -0.3 is 4.74 Å². The molecule has 23 heavy (non-hydrogen) atoms. The average Bonchev–Trinajstić information content (AvgIpc) is 2.58. The van der Waals surface area contributed by atoms with Crippen molar-refractivity contribution in [2.75, 3.05) is 0 Å². The highest BCUT2D eigenvalue weighted by atomic mass is 16.6. The second-order valence-corrected chi connectivity index (χ2v) is 6.13. The SMILES string of the molecule is O=C(O[C@H]1CC[C@H](Cc2ccccc2)CC1)n1ccccc1=O. The third-order valence-electron chi connectivity index (χ3n) is 4.45. The topological polar surface area (TPSA) is 48.3 Å². The Morgan fingerprint density at radius 3 is 2.39 bits per heavy atom. The van der Waals surface area contributed by atoms with E-state index < -0.39 is 6.09 Å². The Labute approximate surface area is 135 Å². The summed E-state index contributed by atoms with van der Waals surface area (Å²) in [5, 5.41) is 0. The summed E-state index contributed by atoms with van der Waals surface area (Å²) in [6.45, 7) is 0. The van der Waals surface area contributed by atoms with Gasteiger partial charge in [0.25, 0.3) is 5.56 Å². The number of aromatic nitrogens is 1. The van der Waals surface area contributed by atoms with E-state index in [1.807, 2.05) is 6.07 Å². The van der Waals surface area contributed by atoms with Crippen molar-refractivity contribution in [3.63, 3.8) is 0 Å². The fourth-order valence-corrected chi connectivity index (χ4v) is 3.18. The average molecular weight is 311 g/mol. The summed E-state index contributed by atoms with van der Waals surface area (Å²) in [5.41, 5.74) is 1.01. The van der Waals surface area contributed by atoms with Gasteiger partial charge in [-0.05, 0) is 49.7 Å². The lowest BCUT2D eigenvalue weighted by Gasteiger charge is -2.28. The zero-order chi connectivity index (χ0) is 16.1. The third-order valence-corrected chi connectivity index (χ3v) is 4.45. The van der Waals surface area contributed by atoms with E-state index in [0.29, 0.717) is 5.92 Å². The van der Waals surface area contributed by atoms with E-state index in [0.717, 1.165) is 36.7 Å². The molecule has 0 radical (unpaired) electrons. The van der Waals surface area contributed by atoms with E-state index in [1.165, 1.54) is 17.8 Å². The molecule has 0 saturated heterocycles. The van der Waals surface area contributed by atoms with E-state index in [2.05, 4.69) is 24.3 Å². The third kappa shape index (κ3) is 4.09. The molecular formula is C19H21NO3. The summed E-state index contributed by atoms with van der Waals surface area (Å²) >= 11 is 0. The molecule has 0 aliphatic heterocycles. The first-order valence-electron chi connectivity index (χ1n) is 8.15. The van der Waals surface area contributed by atoms with Crippen LogP contribution in [0.4, 0.5) is 4.79 Å². The van der Waals surface area contributed by atoms with Crippen LogP contribution in [0.25, 0.3) is 0 Å². The quantitative estimate of drug-likeness (QED) is 0.869. The molecule has 3 rings (SSSR count). The lowest BCUT2D eigenvalue weighted by Crippen LogP contribution is -2.32. The second kappa shape index (κ2) is 7.27. The van der Waals surface area contributed by atoms with E-state index in [1.54, 1.807) is 12.1 Å². The largest absolute Gasteiger partial charge is 0.446 e. The minimum atomic E-state index is -0.567. The predicted octanol–water partition coefficient (Wildman–Crippen LogP) is 3.63. The van der Waals surface area contributed by atoms with Gasteiger partial charge >= 0.3 is 6.09 Å². The van der Waals surface area contributed by atoms with Crippen LogP contribution < -0.4 is 5.56 Å². The maximum Gasteiger partial charge on any atom is 0.421 e. The van der Waals surface area contributed by atoms with Crippen LogP contribution in [0, 0.1) is 5.92 Å². The van der Waals surface area contributed by atoms with Gasteiger partial charge in [-0.15, -0.1) is 0 Å². The summed E-state index contributed by atoms with van der Waals surface area (Å²) in [7, 11) is 0. The molecule has 0 N–H and O–H groups in total. The molecule has 0 atom stereocenters. The molecule has 4 nitrogen and oxygen atoms in total. The van der Waals surface area contributed by atoms with Crippen molar-refractivity contribution in [3.05, 3.63) is 70.6 Å². The lowest BCUT2D eigenvalue weighted by atomic mass is 9.83. The zero-order valence-corrected chi connectivity index (χ0v) is 13.1. The minimum Gasteiger partial charge on any atom is -0.446 e. The van der Waals surface area contributed by atoms with Gasteiger partial charge in [0.15, 0.2) is 0 Å². The highest BCUT2D eigenvalue weighted by Gasteiger charge is 2.24. The van der Waals surface area contributed by atoms with Crippen LogP contribution in [-0.4, -0.2) is 16.8 Å². The predicted molar refractivity (Wildman–Crippen MR) is 88.5 cm³/mol. The van der Waals surface area contributed by atoms with Crippen LogP contribution in [-0.2, 0) is 11.2 Å². The molecule has 0 unspecified atom stereocenters. The molecule has 0 amide bonds. The normalized spacial score (nSPS) is 20.9. The van der Waals surface area contributed by atoms with Crippen LogP contribution in [0.5, 0.6) is 0 Å². The van der Waals surface area contributed by atoms with Crippen LogP contribution in [0.15, 0.2) is 59.5 Å². The molecule has 1 heterocycles. The Morgan fingerprint density at radius 2 is 1.70 bits per heavy atom. The lowest BCUT2D eigenvalue weighted by molar-refractivity contribution is 0.0647. The van der Waals surface area contributed by atoms with Gasteiger partial charge in [-0.1, -0.05) is 36.4 Å². The molecular weight excluding hydrogens is 290 g/mol. The van der Waals surface area contributed by atoms with E-state index >= 15 is 0 Å². The summed E-state index contributed by atoms with van der Waals surface area (Å²) in [5.74, 6) is 0.645. The van der Waals surface area contributed by atoms with E-state index in [9.17, 15) is 9.59 Å². The monoisotopic (exact) mass is 311 g/mol. The summed E-state index contributed by atoms with van der Waals surface area (Å²) in [6.07, 6.45) is 5.72. The molecule has 1 aliphatic carbocycles. The zero-order valence-electron chi connectivity index (χ0n) is 13.1. The number of carbonyl (C=O) groups is 1. The number of ether oxygens (including phenoxy) is 1. The molecule has 0 spiro atoms. The maximum atomic E-state index is 12.0. The minimum absolute atomic E-state index is 0.0818. The van der Waals surface area contributed by atoms with Gasteiger partial charge in [0.05, 0.1) is 0 Å². The first kappa shape index (κ1) is 15.5. The summed E-state index contributed by atoms with van der Waals surface area (Å²) in [6, 6.07) is 15.1. The van der Waals surface area contributed by atoms with Gasteiger partial charge in [-0.2, -0.15) is 0 Å². The highest BCUT2D eigenvalue weighted by Crippen LogP contribution is 2.29. The molecule has 2 aromatic rings. The fourth-order valence-electron chi connectivity index (χ4n) is 3.18. The Morgan fingerprint density at radius 1 is 1.00 bits per heavy atom. The standard InChI is InChI=1S/C19H21NO3/c21-18-8-4-5-13-20(18)19(22)23-17-11-9-16(10-12-17)14-15-6-2-1-3-7-15/h1-8,13,16-17H,9-12,14H2/t16-,17-. The second-order valence-electron chi connectivity index (χ2n) is 6.13. The van der Waals surface area contributed by atoms with Gasteiger partial charge in [-0.25, -0.2) is 9.36 Å². The number of rotatable bonds is 3. The van der Waals surface area contributed by atoms with Crippen molar-refractivity contribution in [1.82, 2.24) is 4.57 Å². The van der Waals surface area contributed by atoms with Crippen molar-refractivity contribution in [3.8, 4) is 0 Å². The molecule has 4 heteroatoms. The molecule has 1 aliphatic rings. The molecule has 1 aromatic heterocycles. The molecule has 1 fully saturated rings. The summed E-state index contributed by atoms with van der Waals surface area (Å²) < 4.78 is 6.50. The molecule has 0 bridgehead atoms. The molecule has 1 aromatic carbocycles. The maximum absolute atomic E-state index is 12.0. The van der Waals surface area contributed by atoms with Crippen molar-refractivity contribution in [1.29, 1.82) is 0 Å². The number of nitrogens with zero attached hydrogens (tertiary/aromatic N) is 1. The Hall–Kier alpha value is -2.36. The van der Waals surface area contributed by atoms with Crippen LogP contribution in [0.2, 0.25) is 0 Å². The Bertz CT molecular complexity index is 700. The van der Waals surface area contributed by atoms with Crippen molar-refractivity contribution in [2.24, 2.45) is 5.92 Å². The first-order chi connectivity index (χ1) is 11.2. The number of benzene rings is 1.